The number of carboxylic acid groups (broad SMARTS) is 1. The SMILES string of the molecule is CC(C)COC(=O)NCC1(C(=O)O)CC1. The zero-order chi connectivity index (χ0) is 11.5. The fourth-order valence-corrected chi connectivity index (χ4v) is 1.15. The third kappa shape index (κ3) is 3.42. The molecule has 0 unspecified atom stereocenters. The van der Waals surface area contributed by atoms with Crippen LogP contribution in [0, 0.1) is 11.3 Å². The van der Waals surface area contributed by atoms with Crippen molar-refractivity contribution in [2.45, 2.75) is 26.7 Å². The van der Waals surface area contributed by atoms with Crippen LogP contribution in [-0.4, -0.2) is 30.3 Å². The van der Waals surface area contributed by atoms with Gasteiger partial charge in [-0.15, -0.1) is 0 Å². The number of nitrogens with one attached hydrogen (secondary N) is 1. The van der Waals surface area contributed by atoms with Gasteiger partial charge in [0.05, 0.1) is 12.0 Å². The van der Waals surface area contributed by atoms with E-state index in [0.29, 0.717) is 19.4 Å². The van der Waals surface area contributed by atoms with Crippen molar-refractivity contribution in [3.63, 3.8) is 0 Å². The zero-order valence-corrected chi connectivity index (χ0v) is 9.08. The summed E-state index contributed by atoms with van der Waals surface area (Å²) in [6.07, 6.45) is 0.732. The summed E-state index contributed by atoms with van der Waals surface area (Å²) < 4.78 is 4.86. The maximum Gasteiger partial charge on any atom is 0.407 e. The molecule has 0 saturated heterocycles. The van der Waals surface area contributed by atoms with E-state index in [9.17, 15) is 9.59 Å². The van der Waals surface area contributed by atoms with Gasteiger partial charge in [-0.05, 0) is 18.8 Å². The van der Waals surface area contributed by atoms with Crippen molar-refractivity contribution < 1.29 is 19.4 Å². The van der Waals surface area contributed by atoms with Gasteiger partial charge in [0.15, 0.2) is 0 Å². The average Bonchev–Trinajstić information content (AvgIpc) is 2.92. The first kappa shape index (κ1) is 11.8. The fraction of sp³-hybridized carbons (Fsp3) is 0.800. The van der Waals surface area contributed by atoms with Gasteiger partial charge in [-0.1, -0.05) is 13.8 Å². The van der Waals surface area contributed by atoms with E-state index in [4.69, 9.17) is 9.84 Å². The molecule has 86 valence electrons. The normalized spacial score (nSPS) is 17.3. The number of carbonyl (C=O) groups is 2. The Hall–Kier alpha value is -1.26. The lowest BCUT2D eigenvalue weighted by Crippen LogP contribution is -2.35. The van der Waals surface area contributed by atoms with Gasteiger partial charge in [0.1, 0.15) is 0 Å². The first-order valence-electron chi connectivity index (χ1n) is 5.10. The van der Waals surface area contributed by atoms with Crippen molar-refractivity contribution in [3.05, 3.63) is 0 Å². The molecule has 0 radical (unpaired) electrons. The van der Waals surface area contributed by atoms with E-state index in [2.05, 4.69) is 5.32 Å². The lowest BCUT2D eigenvalue weighted by Gasteiger charge is -2.12. The highest BCUT2D eigenvalue weighted by molar-refractivity contribution is 5.79. The van der Waals surface area contributed by atoms with Crippen molar-refractivity contribution in [1.29, 1.82) is 0 Å². The molecule has 1 saturated carbocycles. The molecule has 15 heavy (non-hydrogen) atoms. The van der Waals surface area contributed by atoms with Gasteiger partial charge >= 0.3 is 12.1 Å². The van der Waals surface area contributed by atoms with Gasteiger partial charge < -0.3 is 15.2 Å². The number of hydrogen-bond donors (Lipinski definition) is 2. The Bertz CT molecular complexity index is 258. The third-order valence-electron chi connectivity index (χ3n) is 2.43. The Morgan fingerprint density at radius 3 is 2.47 bits per heavy atom. The van der Waals surface area contributed by atoms with Crippen molar-refractivity contribution in [2.24, 2.45) is 11.3 Å². The molecule has 1 aliphatic rings. The summed E-state index contributed by atoms with van der Waals surface area (Å²) in [6.45, 7) is 4.39. The number of alkyl carbamates (subject to hydrolysis) is 1. The van der Waals surface area contributed by atoms with Crippen LogP contribution in [0.1, 0.15) is 26.7 Å². The molecule has 5 heteroatoms. The first-order valence-corrected chi connectivity index (χ1v) is 5.10. The number of hydrogen-bond acceptors (Lipinski definition) is 3. The molecule has 2 N–H and O–H groups in total. The molecule has 0 aromatic rings. The van der Waals surface area contributed by atoms with E-state index >= 15 is 0 Å². The molecule has 0 bridgehead atoms. The Labute approximate surface area is 88.8 Å². The molecule has 1 fully saturated rings. The maximum absolute atomic E-state index is 11.1. The van der Waals surface area contributed by atoms with E-state index < -0.39 is 17.5 Å². The molecule has 1 rings (SSSR count). The maximum atomic E-state index is 11.1. The van der Waals surface area contributed by atoms with E-state index in [1.54, 1.807) is 0 Å². The van der Waals surface area contributed by atoms with Crippen LogP contribution >= 0.6 is 0 Å². The van der Waals surface area contributed by atoms with Crippen molar-refractivity contribution in [3.8, 4) is 0 Å². The predicted molar refractivity (Wildman–Crippen MR) is 53.5 cm³/mol. The van der Waals surface area contributed by atoms with Crippen molar-refractivity contribution in [2.75, 3.05) is 13.2 Å². The molecule has 0 atom stereocenters. The number of aliphatic carboxylic acids is 1. The standard InChI is InChI=1S/C10H17NO4/c1-7(2)5-15-9(14)11-6-10(3-4-10)8(12)13/h7H,3-6H2,1-2H3,(H,11,14)(H,12,13). The van der Waals surface area contributed by atoms with Crippen LogP contribution in [0.4, 0.5) is 4.79 Å². The second-order valence-corrected chi connectivity index (χ2v) is 4.43. The van der Waals surface area contributed by atoms with E-state index in [1.807, 2.05) is 13.8 Å². The van der Waals surface area contributed by atoms with Gasteiger partial charge in [0.2, 0.25) is 0 Å². The number of rotatable bonds is 5. The van der Waals surface area contributed by atoms with Crippen LogP contribution in [0.5, 0.6) is 0 Å². The van der Waals surface area contributed by atoms with Gasteiger partial charge in [0.25, 0.3) is 0 Å². The summed E-state index contributed by atoms with van der Waals surface area (Å²) in [5.74, 6) is -0.559. The van der Waals surface area contributed by atoms with Crippen LogP contribution in [0.2, 0.25) is 0 Å². The second kappa shape index (κ2) is 4.51. The summed E-state index contributed by atoms with van der Waals surface area (Å²) in [5.41, 5.74) is -0.725. The summed E-state index contributed by atoms with van der Waals surface area (Å²) in [4.78, 5) is 21.9. The second-order valence-electron chi connectivity index (χ2n) is 4.43. The number of amides is 1. The number of carboxylic acids is 1. The minimum Gasteiger partial charge on any atom is -0.481 e. The van der Waals surface area contributed by atoms with Gasteiger partial charge in [-0.3, -0.25) is 4.79 Å². The Morgan fingerprint density at radius 1 is 1.47 bits per heavy atom. The third-order valence-corrected chi connectivity index (χ3v) is 2.43. The summed E-state index contributed by atoms with van der Waals surface area (Å²) >= 11 is 0. The van der Waals surface area contributed by atoms with Gasteiger partial charge in [-0.2, -0.15) is 0 Å². The Morgan fingerprint density at radius 2 is 2.07 bits per heavy atom. The minimum absolute atomic E-state index is 0.166. The predicted octanol–water partition coefficient (Wildman–Crippen LogP) is 1.23. The quantitative estimate of drug-likeness (QED) is 0.723. The van der Waals surface area contributed by atoms with E-state index in [-0.39, 0.29) is 12.5 Å². The average molecular weight is 215 g/mol. The molecule has 0 spiro atoms. The van der Waals surface area contributed by atoms with Crippen LogP contribution in [0.25, 0.3) is 0 Å². The Kier molecular flexibility index (Phi) is 3.55. The van der Waals surface area contributed by atoms with Gasteiger partial charge in [0, 0.05) is 6.54 Å². The highest BCUT2D eigenvalue weighted by atomic mass is 16.5. The number of carbonyl (C=O) groups excluding carboxylic acids is 1. The van der Waals surface area contributed by atoms with Crippen molar-refractivity contribution >= 4 is 12.1 Å². The van der Waals surface area contributed by atoms with E-state index in [1.165, 1.54) is 0 Å². The smallest absolute Gasteiger partial charge is 0.407 e. The molecule has 0 heterocycles. The lowest BCUT2D eigenvalue weighted by molar-refractivity contribution is -0.143. The monoisotopic (exact) mass is 215 g/mol. The molecule has 0 aromatic carbocycles. The van der Waals surface area contributed by atoms with E-state index in [0.717, 1.165) is 0 Å². The zero-order valence-electron chi connectivity index (χ0n) is 9.08. The van der Waals surface area contributed by atoms with Crippen LogP contribution in [0.3, 0.4) is 0 Å². The van der Waals surface area contributed by atoms with Crippen LogP contribution in [-0.2, 0) is 9.53 Å². The van der Waals surface area contributed by atoms with Crippen molar-refractivity contribution in [1.82, 2.24) is 5.32 Å². The summed E-state index contributed by atoms with van der Waals surface area (Å²) in [6, 6.07) is 0. The highest BCUT2D eigenvalue weighted by Crippen LogP contribution is 2.45. The molecule has 0 aliphatic heterocycles. The van der Waals surface area contributed by atoms with Gasteiger partial charge in [-0.25, -0.2) is 4.79 Å². The van der Waals surface area contributed by atoms with Crippen LogP contribution < -0.4 is 5.32 Å². The first-order chi connectivity index (χ1) is 6.96. The number of ether oxygens (including phenoxy) is 1. The molecular formula is C10H17NO4. The molecular weight excluding hydrogens is 198 g/mol. The highest BCUT2D eigenvalue weighted by Gasteiger charge is 2.50. The van der Waals surface area contributed by atoms with Crippen LogP contribution in [0.15, 0.2) is 0 Å². The Balaban J connectivity index is 2.20. The lowest BCUT2D eigenvalue weighted by atomic mass is 10.1. The topological polar surface area (TPSA) is 75.6 Å². The minimum atomic E-state index is -0.841. The molecule has 1 aliphatic carbocycles. The largest absolute Gasteiger partial charge is 0.481 e. The fourth-order valence-electron chi connectivity index (χ4n) is 1.15. The summed E-state index contributed by atoms with van der Waals surface area (Å²) in [5, 5.41) is 11.3. The summed E-state index contributed by atoms with van der Waals surface area (Å²) in [7, 11) is 0. The molecule has 1 amide bonds. The molecule has 5 nitrogen and oxygen atoms in total. The molecule has 0 aromatic heterocycles.